The first-order chi connectivity index (χ1) is 16.1. The fraction of sp³-hybridized carbons (Fsp3) is 0.269. The van der Waals surface area contributed by atoms with Crippen molar-refractivity contribution in [1.29, 1.82) is 0 Å². The zero-order chi connectivity index (χ0) is 24.9. The Labute approximate surface area is 200 Å². The number of nitrogens with zero attached hydrogens (tertiary/aromatic N) is 1. The predicted octanol–water partition coefficient (Wildman–Crippen LogP) is 5.21. The van der Waals surface area contributed by atoms with E-state index in [-0.39, 0.29) is 34.8 Å². The van der Waals surface area contributed by atoms with Gasteiger partial charge in [-0.05, 0) is 66.4 Å². The number of methoxy groups -OCH3 is 1. The second-order valence-electron chi connectivity index (χ2n) is 8.37. The molecule has 0 fully saturated rings. The first-order valence-corrected chi connectivity index (χ1v) is 12.2. The highest BCUT2D eigenvalue weighted by Gasteiger charge is 2.22. The Morgan fingerprint density at radius 1 is 1.00 bits per heavy atom. The van der Waals surface area contributed by atoms with Crippen molar-refractivity contribution in [2.24, 2.45) is 5.92 Å². The molecule has 0 saturated heterocycles. The van der Waals surface area contributed by atoms with Crippen LogP contribution in [0, 0.1) is 18.7 Å². The normalized spacial score (nSPS) is 11.4. The van der Waals surface area contributed by atoms with Crippen molar-refractivity contribution in [3.8, 4) is 11.5 Å². The average molecular weight is 486 g/mol. The molecule has 3 aromatic rings. The molecular weight excluding hydrogens is 457 g/mol. The number of ether oxygens (including phenoxy) is 1. The van der Waals surface area contributed by atoms with Crippen LogP contribution in [0.15, 0.2) is 71.6 Å². The largest absolute Gasteiger partial charge is 0.493 e. The number of amides is 1. The molecule has 3 aromatic carbocycles. The van der Waals surface area contributed by atoms with E-state index in [9.17, 15) is 17.6 Å². The zero-order valence-corrected chi connectivity index (χ0v) is 20.4. The lowest BCUT2D eigenvalue weighted by atomic mass is 10.1. The number of halogens is 1. The maximum atomic E-state index is 13.3. The Balaban J connectivity index is 1.91. The molecule has 0 aromatic heterocycles. The monoisotopic (exact) mass is 485 g/mol. The summed E-state index contributed by atoms with van der Waals surface area (Å²) in [6.07, 6.45) is 0. The van der Waals surface area contributed by atoms with Gasteiger partial charge in [0, 0.05) is 18.7 Å². The van der Waals surface area contributed by atoms with Gasteiger partial charge in [0.2, 0.25) is 0 Å². The standard InChI is InChI=1S/C26H28FNO5S/c1-18(2)16-28(26(29)23-8-6-5-7-19(23)3)17-20-9-14-24(32-4)25(15-20)33-34(30,31)22-12-10-21(27)11-13-22/h5-15,18H,16-17H2,1-4H3. The number of carbonyl (C=O) groups is 1. The number of aryl methyl sites for hydroxylation is 1. The van der Waals surface area contributed by atoms with Gasteiger partial charge in [-0.15, -0.1) is 0 Å². The van der Waals surface area contributed by atoms with E-state index in [0.717, 1.165) is 29.8 Å². The third-order valence-corrected chi connectivity index (χ3v) is 6.40. The molecule has 3 rings (SSSR count). The Morgan fingerprint density at radius 3 is 2.29 bits per heavy atom. The average Bonchev–Trinajstić information content (AvgIpc) is 2.78. The summed E-state index contributed by atoms with van der Waals surface area (Å²) >= 11 is 0. The van der Waals surface area contributed by atoms with E-state index >= 15 is 0 Å². The van der Waals surface area contributed by atoms with Crippen molar-refractivity contribution in [1.82, 2.24) is 4.90 Å². The molecule has 34 heavy (non-hydrogen) atoms. The minimum atomic E-state index is -4.22. The van der Waals surface area contributed by atoms with Gasteiger partial charge in [0.25, 0.3) is 5.91 Å². The van der Waals surface area contributed by atoms with E-state index in [4.69, 9.17) is 8.92 Å². The van der Waals surface area contributed by atoms with Crippen molar-refractivity contribution in [3.05, 3.63) is 89.2 Å². The molecule has 0 atom stereocenters. The first-order valence-electron chi connectivity index (χ1n) is 10.8. The van der Waals surface area contributed by atoms with Gasteiger partial charge in [0.15, 0.2) is 11.5 Å². The molecule has 0 aliphatic heterocycles. The summed E-state index contributed by atoms with van der Waals surface area (Å²) in [7, 11) is -2.82. The number of hydrogen-bond donors (Lipinski definition) is 0. The van der Waals surface area contributed by atoms with Gasteiger partial charge < -0.3 is 13.8 Å². The SMILES string of the molecule is COc1ccc(CN(CC(C)C)C(=O)c2ccccc2C)cc1OS(=O)(=O)c1ccc(F)cc1. The molecule has 0 heterocycles. The third-order valence-electron chi connectivity index (χ3n) is 5.15. The van der Waals surface area contributed by atoms with E-state index in [2.05, 4.69) is 0 Å². The highest BCUT2D eigenvalue weighted by atomic mass is 32.2. The van der Waals surface area contributed by atoms with Crippen LogP contribution in [-0.2, 0) is 16.7 Å². The fourth-order valence-corrected chi connectivity index (χ4v) is 4.45. The first kappa shape index (κ1) is 25.2. The van der Waals surface area contributed by atoms with Crippen LogP contribution in [0.25, 0.3) is 0 Å². The predicted molar refractivity (Wildman–Crippen MR) is 128 cm³/mol. The highest BCUT2D eigenvalue weighted by molar-refractivity contribution is 7.87. The minimum Gasteiger partial charge on any atom is -0.493 e. The van der Waals surface area contributed by atoms with Gasteiger partial charge in [0.1, 0.15) is 10.7 Å². The van der Waals surface area contributed by atoms with E-state index in [0.29, 0.717) is 17.7 Å². The Bertz CT molecular complexity index is 1260. The minimum absolute atomic E-state index is 0.0165. The molecule has 0 bridgehead atoms. The van der Waals surface area contributed by atoms with Crippen LogP contribution >= 0.6 is 0 Å². The molecule has 8 heteroatoms. The van der Waals surface area contributed by atoms with Crippen molar-refractivity contribution < 1.29 is 26.5 Å². The van der Waals surface area contributed by atoms with Crippen molar-refractivity contribution >= 4 is 16.0 Å². The van der Waals surface area contributed by atoms with Gasteiger partial charge in [-0.1, -0.05) is 38.1 Å². The zero-order valence-electron chi connectivity index (χ0n) is 19.6. The molecule has 0 N–H and O–H groups in total. The lowest BCUT2D eigenvalue weighted by Crippen LogP contribution is -2.34. The number of benzene rings is 3. The number of rotatable bonds is 9. The lowest BCUT2D eigenvalue weighted by molar-refractivity contribution is 0.0721. The van der Waals surface area contributed by atoms with Gasteiger partial charge in [-0.25, -0.2) is 4.39 Å². The molecule has 0 radical (unpaired) electrons. The van der Waals surface area contributed by atoms with Crippen LogP contribution < -0.4 is 8.92 Å². The summed E-state index contributed by atoms with van der Waals surface area (Å²) in [5.74, 6) is -0.237. The van der Waals surface area contributed by atoms with E-state index in [1.54, 1.807) is 29.2 Å². The molecular formula is C26H28FNO5S. The number of hydrogen-bond acceptors (Lipinski definition) is 5. The van der Waals surface area contributed by atoms with Crippen LogP contribution in [0.1, 0.15) is 35.3 Å². The quantitative estimate of drug-likeness (QED) is 0.389. The summed E-state index contributed by atoms with van der Waals surface area (Å²) in [4.78, 5) is 14.8. The van der Waals surface area contributed by atoms with Crippen LogP contribution in [0.4, 0.5) is 4.39 Å². The van der Waals surface area contributed by atoms with E-state index in [1.165, 1.54) is 7.11 Å². The summed E-state index contributed by atoms with van der Waals surface area (Å²) in [6, 6.07) is 16.6. The van der Waals surface area contributed by atoms with Gasteiger partial charge in [-0.3, -0.25) is 4.79 Å². The summed E-state index contributed by atoms with van der Waals surface area (Å²) in [5.41, 5.74) is 2.17. The molecule has 1 amide bonds. The summed E-state index contributed by atoms with van der Waals surface area (Å²) < 4.78 is 49.3. The maximum absolute atomic E-state index is 13.3. The van der Waals surface area contributed by atoms with Crippen LogP contribution in [0.2, 0.25) is 0 Å². The third kappa shape index (κ3) is 6.14. The maximum Gasteiger partial charge on any atom is 0.339 e. The molecule has 0 aliphatic rings. The van der Waals surface area contributed by atoms with Crippen molar-refractivity contribution in [2.45, 2.75) is 32.2 Å². The highest BCUT2D eigenvalue weighted by Crippen LogP contribution is 2.31. The van der Waals surface area contributed by atoms with Crippen LogP contribution in [-0.4, -0.2) is 32.9 Å². The Kier molecular flexibility index (Phi) is 7.94. The van der Waals surface area contributed by atoms with Gasteiger partial charge in [0.05, 0.1) is 7.11 Å². The Hall–Kier alpha value is -3.39. The lowest BCUT2D eigenvalue weighted by Gasteiger charge is -2.26. The molecule has 0 saturated carbocycles. The van der Waals surface area contributed by atoms with Crippen molar-refractivity contribution in [2.75, 3.05) is 13.7 Å². The van der Waals surface area contributed by atoms with Crippen LogP contribution in [0.3, 0.4) is 0 Å². The number of carbonyl (C=O) groups excluding carboxylic acids is 1. The molecule has 0 aliphatic carbocycles. The second-order valence-corrected chi connectivity index (χ2v) is 9.92. The summed E-state index contributed by atoms with van der Waals surface area (Å²) in [5, 5.41) is 0. The summed E-state index contributed by atoms with van der Waals surface area (Å²) in [6.45, 7) is 6.71. The molecule has 180 valence electrons. The van der Waals surface area contributed by atoms with Gasteiger partial charge >= 0.3 is 10.1 Å². The topological polar surface area (TPSA) is 72.9 Å². The van der Waals surface area contributed by atoms with E-state index < -0.39 is 15.9 Å². The fourth-order valence-electron chi connectivity index (χ4n) is 3.52. The molecule has 6 nitrogen and oxygen atoms in total. The van der Waals surface area contributed by atoms with Crippen molar-refractivity contribution in [3.63, 3.8) is 0 Å². The molecule has 0 spiro atoms. The van der Waals surface area contributed by atoms with Crippen LogP contribution in [0.5, 0.6) is 11.5 Å². The Morgan fingerprint density at radius 2 is 1.68 bits per heavy atom. The molecule has 0 unspecified atom stereocenters. The van der Waals surface area contributed by atoms with Gasteiger partial charge in [-0.2, -0.15) is 8.42 Å². The second kappa shape index (κ2) is 10.7. The smallest absolute Gasteiger partial charge is 0.339 e. The van der Waals surface area contributed by atoms with E-state index in [1.807, 2.05) is 39.0 Å².